The summed E-state index contributed by atoms with van der Waals surface area (Å²) < 4.78 is 59.8. The third kappa shape index (κ3) is 3.93. The van der Waals surface area contributed by atoms with Crippen LogP contribution in [0.3, 0.4) is 0 Å². The number of methoxy groups -OCH3 is 1. The molecule has 9 heteroatoms. The van der Waals surface area contributed by atoms with Crippen LogP contribution in [-0.4, -0.2) is 23.4 Å². The number of ether oxygens (including phenoxy) is 2. The number of aromatic nitrogens is 2. The predicted octanol–water partition coefficient (Wildman–Crippen LogP) is 5.10. The van der Waals surface area contributed by atoms with Gasteiger partial charge in [-0.1, -0.05) is 6.07 Å². The van der Waals surface area contributed by atoms with E-state index >= 15 is 0 Å². The molecule has 25 heavy (non-hydrogen) atoms. The van der Waals surface area contributed by atoms with Gasteiger partial charge in [0.1, 0.15) is 23.5 Å². The standard InChI is InChI=1S/C16H11BrF4N2O2/c1-24-14(15-22-11-4-3-9(18)7-12(11)23-15)8-2-5-13(10(17)6-8)25-16(19,20)21/h2-7,14H,1H3,(H,22,23). The molecule has 0 aliphatic heterocycles. The summed E-state index contributed by atoms with van der Waals surface area (Å²) in [5.41, 5.74) is 1.59. The summed E-state index contributed by atoms with van der Waals surface area (Å²) >= 11 is 3.05. The van der Waals surface area contributed by atoms with Crippen LogP contribution in [0, 0.1) is 5.82 Å². The third-order valence-corrected chi connectivity index (χ3v) is 4.05. The van der Waals surface area contributed by atoms with Gasteiger partial charge < -0.3 is 14.5 Å². The molecule has 1 atom stereocenters. The zero-order valence-corrected chi connectivity index (χ0v) is 14.3. The van der Waals surface area contributed by atoms with Crippen molar-refractivity contribution in [2.75, 3.05) is 7.11 Å². The van der Waals surface area contributed by atoms with Crippen LogP contribution in [0.1, 0.15) is 17.5 Å². The molecule has 0 bridgehead atoms. The minimum Gasteiger partial charge on any atom is -0.405 e. The number of H-pyrrole nitrogens is 1. The van der Waals surface area contributed by atoms with Gasteiger partial charge in [-0.3, -0.25) is 0 Å². The van der Waals surface area contributed by atoms with Crippen molar-refractivity contribution in [2.45, 2.75) is 12.5 Å². The van der Waals surface area contributed by atoms with Crippen molar-refractivity contribution in [1.29, 1.82) is 0 Å². The Hall–Kier alpha value is -2.13. The van der Waals surface area contributed by atoms with Gasteiger partial charge in [0.25, 0.3) is 0 Å². The molecule has 3 aromatic rings. The Kier molecular flexibility index (Phi) is 4.70. The Morgan fingerprint density at radius 1 is 1.16 bits per heavy atom. The lowest BCUT2D eigenvalue weighted by molar-refractivity contribution is -0.274. The molecule has 2 aromatic carbocycles. The first kappa shape index (κ1) is 17.7. The van der Waals surface area contributed by atoms with Crippen molar-refractivity contribution in [1.82, 2.24) is 9.97 Å². The Balaban J connectivity index is 1.95. The molecule has 0 spiro atoms. The molecule has 4 nitrogen and oxygen atoms in total. The van der Waals surface area contributed by atoms with E-state index in [1.165, 1.54) is 37.4 Å². The van der Waals surface area contributed by atoms with Crippen LogP contribution in [0.2, 0.25) is 0 Å². The molecule has 1 N–H and O–H groups in total. The van der Waals surface area contributed by atoms with E-state index in [0.29, 0.717) is 22.4 Å². The molecule has 1 heterocycles. The van der Waals surface area contributed by atoms with Gasteiger partial charge in [0, 0.05) is 13.2 Å². The molecule has 132 valence electrons. The van der Waals surface area contributed by atoms with E-state index in [9.17, 15) is 17.6 Å². The monoisotopic (exact) mass is 418 g/mol. The third-order valence-electron chi connectivity index (χ3n) is 3.43. The van der Waals surface area contributed by atoms with Crippen molar-refractivity contribution in [3.8, 4) is 5.75 Å². The highest BCUT2D eigenvalue weighted by Crippen LogP contribution is 2.34. The Morgan fingerprint density at radius 3 is 2.56 bits per heavy atom. The summed E-state index contributed by atoms with van der Waals surface area (Å²) in [4.78, 5) is 7.30. The van der Waals surface area contributed by atoms with E-state index in [-0.39, 0.29) is 10.2 Å². The van der Waals surface area contributed by atoms with E-state index in [4.69, 9.17) is 4.74 Å². The lowest BCUT2D eigenvalue weighted by Crippen LogP contribution is -2.17. The maximum absolute atomic E-state index is 13.3. The van der Waals surface area contributed by atoms with Crippen LogP contribution in [0.5, 0.6) is 5.75 Å². The second kappa shape index (κ2) is 6.64. The highest BCUT2D eigenvalue weighted by molar-refractivity contribution is 9.10. The van der Waals surface area contributed by atoms with Gasteiger partial charge in [-0.2, -0.15) is 0 Å². The fourth-order valence-corrected chi connectivity index (χ4v) is 2.89. The smallest absolute Gasteiger partial charge is 0.405 e. The fourth-order valence-electron chi connectivity index (χ4n) is 2.42. The van der Waals surface area contributed by atoms with Crippen molar-refractivity contribution >= 4 is 27.0 Å². The average molecular weight is 419 g/mol. The number of nitrogens with zero attached hydrogens (tertiary/aromatic N) is 1. The Labute approximate surface area is 147 Å². The second-order valence-corrected chi connectivity index (χ2v) is 5.99. The highest BCUT2D eigenvalue weighted by atomic mass is 79.9. The van der Waals surface area contributed by atoms with Crippen LogP contribution in [0.4, 0.5) is 17.6 Å². The van der Waals surface area contributed by atoms with E-state index in [2.05, 4.69) is 30.6 Å². The normalized spacial score (nSPS) is 13.2. The van der Waals surface area contributed by atoms with Gasteiger partial charge in [0.05, 0.1) is 15.5 Å². The van der Waals surface area contributed by atoms with E-state index in [1.807, 2.05) is 0 Å². The molecule has 1 unspecified atom stereocenters. The van der Waals surface area contributed by atoms with Crippen LogP contribution < -0.4 is 4.74 Å². The van der Waals surface area contributed by atoms with Crippen LogP contribution >= 0.6 is 15.9 Å². The summed E-state index contributed by atoms with van der Waals surface area (Å²) in [6, 6.07) is 8.19. The highest BCUT2D eigenvalue weighted by Gasteiger charge is 2.32. The largest absolute Gasteiger partial charge is 0.573 e. The lowest BCUT2D eigenvalue weighted by atomic mass is 10.1. The zero-order valence-electron chi connectivity index (χ0n) is 12.7. The topological polar surface area (TPSA) is 47.1 Å². The lowest BCUT2D eigenvalue weighted by Gasteiger charge is -2.16. The van der Waals surface area contributed by atoms with Crippen LogP contribution in [0.25, 0.3) is 11.0 Å². The molecule has 0 radical (unpaired) electrons. The molecular weight excluding hydrogens is 408 g/mol. The van der Waals surface area contributed by atoms with Crippen molar-refractivity contribution in [3.05, 3.63) is 58.1 Å². The minimum atomic E-state index is -4.78. The second-order valence-electron chi connectivity index (χ2n) is 5.14. The SMILES string of the molecule is COC(c1ccc(OC(F)(F)F)c(Br)c1)c1nc2cc(F)ccc2[nH]1. The number of nitrogens with one attached hydrogen (secondary N) is 1. The number of halogens is 5. The van der Waals surface area contributed by atoms with Gasteiger partial charge >= 0.3 is 6.36 Å². The number of fused-ring (bicyclic) bond motifs is 1. The minimum absolute atomic E-state index is 0.117. The van der Waals surface area contributed by atoms with E-state index in [1.54, 1.807) is 6.07 Å². The van der Waals surface area contributed by atoms with Gasteiger partial charge in [0.15, 0.2) is 0 Å². The maximum Gasteiger partial charge on any atom is 0.573 e. The number of hydrogen-bond acceptors (Lipinski definition) is 3. The number of rotatable bonds is 4. The first-order valence-electron chi connectivity index (χ1n) is 7.00. The van der Waals surface area contributed by atoms with Crippen LogP contribution in [0.15, 0.2) is 40.9 Å². The van der Waals surface area contributed by atoms with Crippen molar-refractivity contribution in [2.24, 2.45) is 0 Å². The molecule has 3 rings (SSSR count). The number of alkyl halides is 3. The van der Waals surface area contributed by atoms with Gasteiger partial charge in [0.2, 0.25) is 0 Å². The molecular formula is C16H11BrF4N2O2. The van der Waals surface area contributed by atoms with Gasteiger partial charge in [-0.25, -0.2) is 9.37 Å². The summed E-state index contributed by atoms with van der Waals surface area (Å²) in [6.07, 6.45) is -5.46. The molecule has 0 aliphatic rings. The summed E-state index contributed by atoms with van der Waals surface area (Å²) in [5.74, 6) is -0.381. The van der Waals surface area contributed by atoms with Crippen molar-refractivity contribution < 1.29 is 27.0 Å². The zero-order chi connectivity index (χ0) is 18.2. The first-order valence-corrected chi connectivity index (χ1v) is 7.79. The van der Waals surface area contributed by atoms with Crippen molar-refractivity contribution in [3.63, 3.8) is 0 Å². The average Bonchev–Trinajstić information content (AvgIpc) is 2.92. The Bertz CT molecular complexity index is 911. The van der Waals surface area contributed by atoms with Gasteiger partial charge in [-0.15, -0.1) is 13.2 Å². The van der Waals surface area contributed by atoms with E-state index in [0.717, 1.165) is 0 Å². The number of aromatic amines is 1. The Morgan fingerprint density at radius 2 is 1.92 bits per heavy atom. The number of imidazole rings is 1. The fraction of sp³-hybridized carbons (Fsp3) is 0.188. The molecule has 0 amide bonds. The molecule has 0 saturated heterocycles. The maximum atomic E-state index is 13.3. The molecule has 0 fully saturated rings. The van der Waals surface area contributed by atoms with Crippen LogP contribution in [-0.2, 0) is 4.74 Å². The molecule has 0 saturated carbocycles. The number of benzene rings is 2. The van der Waals surface area contributed by atoms with E-state index < -0.39 is 18.3 Å². The summed E-state index contributed by atoms with van der Waals surface area (Å²) in [7, 11) is 1.44. The molecule has 0 aliphatic carbocycles. The predicted molar refractivity (Wildman–Crippen MR) is 85.7 cm³/mol. The first-order chi connectivity index (χ1) is 11.8. The summed E-state index contributed by atoms with van der Waals surface area (Å²) in [5, 5.41) is 0. The quantitative estimate of drug-likeness (QED) is 0.599. The number of hydrogen-bond donors (Lipinski definition) is 1. The van der Waals surface area contributed by atoms with Gasteiger partial charge in [-0.05, 0) is 45.8 Å². The molecule has 1 aromatic heterocycles. The summed E-state index contributed by atoms with van der Waals surface area (Å²) in [6.45, 7) is 0.